The Hall–Kier alpha value is -2.70. The number of benzene rings is 2. The molecule has 0 bridgehead atoms. The molecule has 0 aliphatic carbocycles. The quantitative estimate of drug-likeness (QED) is 0.763. The van der Waals surface area contributed by atoms with E-state index in [1.54, 1.807) is 0 Å². The second kappa shape index (κ2) is 9.87. The van der Waals surface area contributed by atoms with Crippen molar-refractivity contribution in [3.63, 3.8) is 0 Å². The summed E-state index contributed by atoms with van der Waals surface area (Å²) in [4.78, 5) is 29.1. The summed E-state index contributed by atoms with van der Waals surface area (Å²) >= 11 is 0. The van der Waals surface area contributed by atoms with Crippen LogP contribution >= 0.6 is 0 Å². The van der Waals surface area contributed by atoms with E-state index in [0.717, 1.165) is 11.1 Å². The van der Waals surface area contributed by atoms with Crippen LogP contribution in [0.1, 0.15) is 36.2 Å². The lowest BCUT2D eigenvalue weighted by atomic mass is 10.1. The van der Waals surface area contributed by atoms with Crippen molar-refractivity contribution in [3.8, 4) is 0 Å². The molecule has 2 fully saturated rings. The Bertz CT molecular complexity index is 771. The first-order valence-corrected chi connectivity index (χ1v) is 10.6. The van der Waals surface area contributed by atoms with Crippen molar-refractivity contribution in [1.29, 1.82) is 0 Å². The van der Waals surface area contributed by atoms with Crippen molar-refractivity contribution in [3.05, 3.63) is 71.8 Å². The largest absolute Gasteiger partial charge is 0.370 e. The van der Waals surface area contributed by atoms with Gasteiger partial charge in [0, 0.05) is 25.9 Å². The van der Waals surface area contributed by atoms with Crippen molar-refractivity contribution in [2.75, 3.05) is 39.4 Å². The maximum absolute atomic E-state index is 12.7. The first-order chi connectivity index (χ1) is 14.7. The van der Waals surface area contributed by atoms with Crippen LogP contribution in [-0.4, -0.2) is 61.0 Å². The molecule has 0 aromatic heterocycles. The Morgan fingerprint density at radius 2 is 1.10 bits per heavy atom. The molecule has 6 heteroatoms. The highest BCUT2D eigenvalue weighted by Crippen LogP contribution is 2.24. The third-order valence-corrected chi connectivity index (χ3v) is 5.73. The summed E-state index contributed by atoms with van der Waals surface area (Å²) < 4.78 is 11.7. The zero-order chi connectivity index (χ0) is 20.8. The molecule has 4 rings (SSSR count). The second-order valence-electron chi connectivity index (χ2n) is 7.72. The molecular weight excluding hydrogens is 380 g/mol. The fourth-order valence-electron chi connectivity index (χ4n) is 4.02. The van der Waals surface area contributed by atoms with Crippen LogP contribution in [0.4, 0.5) is 0 Å². The van der Waals surface area contributed by atoms with Gasteiger partial charge in [0.25, 0.3) is 0 Å². The van der Waals surface area contributed by atoms with Crippen LogP contribution in [-0.2, 0) is 19.1 Å². The van der Waals surface area contributed by atoms with Crippen LogP contribution in [0.5, 0.6) is 0 Å². The number of rotatable bonds is 5. The van der Waals surface area contributed by atoms with Gasteiger partial charge in [-0.15, -0.1) is 0 Å². The van der Waals surface area contributed by atoms with E-state index in [9.17, 15) is 9.59 Å². The molecule has 0 N–H and O–H groups in total. The second-order valence-corrected chi connectivity index (χ2v) is 7.72. The molecule has 0 unspecified atom stereocenters. The highest BCUT2D eigenvalue weighted by molar-refractivity contribution is 5.84. The molecule has 2 aliphatic rings. The van der Waals surface area contributed by atoms with E-state index >= 15 is 0 Å². The molecular formula is C24H28N2O4. The van der Waals surface area contributed by atoms with Crippen molar-refractivity contribution in [1.82, 2.24) is 9.80 Å². The lowest BCUT2D eigenvalue weighted by molar-refractivity contribution is -0.144. The van der Waals surface area contributed by atoms with E-state index in [0.29, 0.717) is 39.4 Å². The minimum Gasteiger partial charge on any atom is -0.370 e. The fraction of sp³-hybridized carbons (Fsp3) is 0.417. The zero-order valence-electron chi connectivity index (χ0n) is 17.1. The highest BCUT2D eigenvalue weighted by atomic mass is 16.5. The first kappa shape index (κ1) is 20.6. The van der Waals surface area contributed by atoms with Gasteiger partial charge in [0.2, 0.25) is 11.8 Å². The third kappa shape index (κ3) is 5.07. The van der Waals surface area contributed by atoms with E-state index in [4.69, 9.17) is 9.47 Å². The molecule has 2 atom stereocenters. The summed E-state index contributed by atoms with van der Waals surface area (Å²) in [5.41, 5.74) is 2.15. The Morgan fingerprint density at radius 3 is 1.50 bits per heavy atom. The molecule has 2 saturated heterocycles. The summed E-state index contributed by atoms with van der Waals surface area (Å²) in [7, 11) is 0. The highest BCUT2D eigenvalue weighted by Gasteiger charge is 2.28. The predicted molar refractivity (Wildman–Crippen MR) is 113 cm³/mol. The molecule has 0 saturated carbocycles. The minimum atomic E-state index is -0.106. The molecule has 2 amide bonds. The lowest BCUT2D eigenvalue weighted by Gasteiger charge is -2.34. The number of hydrogen-bond acceptors (Lipinski definition) is 4. The minimum absolute atomic E-state index is 0.0143. The van der Waals surface area contributed by atoms with Gasteiger partial charge in [0.05, 0.1) is 26.3 Å². The summed E-state index contributed by atoms with van der Waals surface area (Å²) in [6.07, 6.45) is 0.248. The number of amides is 2. The molecule has 0 radical (unpaired) electrons. The van der Waals surface area contributed by atoms with Gasteiger partial charge < -0.3 is 19.3 Å². The number of hydrogen-bond donors (Lipinski definition) is 0. The van der Waals surface area contributed by atoms with Crippen molar-refractivity contribution >= 4 is 11.8 Å². The Labute approximate surface area is 177 Å². The predicted octanol–water partition coefficient (Wildman–Crippen LogP) is 2.97. The molecule has 0 spiro atoms. The van der Waals surface area contributed by atoms with E-state index in [-0.39, 0.29) is 36.9 Å². The average Bonchev–Trinajstić information content (AvgIpc) is 2.83. The number of carbonyl (C=O) groups excluding carboxylic acids is 2. The zero-order valence-corrected chi connectivity index (χ0v) is 17.1. The lowest BCUT2D eigenvalue weighted by Crippen LogP contribution is -2.44. The number of nitrogens with zero attached hydrogens (tertiary/aromatic N) is 2. The van der Waals surface area contributed by atoms with Gasteiger partial charge in [0.15, 0.2) is 0 Å². The molecule has 2 aromatic carbocycles. The SMILES string of the molecule is O=C(CCC(=O)N1CCO[C@@H](c2ccccc2)C1)N1CCO[C@H](c2ccccc2)C1. The van der Waals surface area contributed by atoms with Crippen LogP contribution in [0, 0.1) is 0 Å². The number of carbonyl (C=O) groups is 2. The maximum Gasteiger partial charge on any atom is 0.223 e. The van der Waals surface area contributed by atoms with Gasteiger partial charge in [-0.2, -0.15) is 0 Å². The molecule has 6 nitrogen and oxygen atoms in total. The van der Waals surface area contributed by atoms with Crippen LogP contribution < -0.4 is 0 Å². The van der Waals surface area contributed by atoms with E-state index in [1.807, 2.05) is 70.5 Å². The van der Waals surface area contributed by atoms with Gasteiger partial charge in [-0.1, -0.05) is 60.7 Å². The van der Waals surface area contributed by atoms with Gasteiger partial charge in [-0.3, -0.25) is 9.59 Å². The van der Waals surface area contributed by atoms with Gasteiger partial charge in [0.1, 0.15) is 12.2 Å². The average molecular weight is 408 g/mol. The van der Waals surface area contributed by atoms with Crippen molar-refractivity contribution < 1.29 is 19.1 Å². The van der Waals surface area contributed by atoms with E-state index in [1.165, 1.54) is 0 Å². The summed E-state index contributed by atoms with van der Waals surface area (Å²) in [6.45, 7) is 3.24. The molecule has 30 heavy (non-hydrogen) atoms. The normalized spacial score (nSPS) is 22.0. The van der Waals surface area contributed by atoms with Gasteiger partial charge >= 0.3 is 0 Å². The van der Waals surface area contributed by atoms with Gasteiger partial charge in [-0.25, -0.2) is 0 Å². The van der Waals surface area contributed by atoms with Crippen LogP contribution in [0.2, 0.25) is 0 Å². The molecule has 2 aliphatic heterocycles. The fourth-order valence-corrected chi connectivity index (χ4v) is 4.02. The van der Waals surface area contributed by atoms with Crippen LogP contribution in [0.15, 0.2) is 60.7 Å². The summed E-state index contributed by atoms with van der Waals surface area (Å²) in [6, 6.07) is 19.9. The number of ether oxygens (including phenoxy) is 2. The number of morpholine rings is 2. The van der Waals surface area contributed by atoms with E-state index in [2.05, 4.69) is 0 Å². The topological polar surface area (TPSA) is 59.1 Å². The monoisotopic (exact) mass is 408 g/mol. The smallest absolute Gasteiger partial charge is 0.223 e. The molecule has 2 aromatic rings. The Balaban J connectivity index is 1.27. The van der Waals surface area contributed by atoms with Crippen molar-refractivity contribution in [2.45, 2.75) is 25.0 Å². The standard InChI is InChI=1S/C24H28N2O4/c27-23(25-13-15-29-21(17-25)19-7-3-1-4-8-19)11-12-24(28)26-14-16-30-22(18-26)20-9-5-2-6-10-20/h1-10,21-22H,11-18H2/t21-,22+. The van der Waals surface area contributed by atoms with Crippen molar-refractivity contribution in [2.24, 2.45) is 0 Å². The van der Waals surface area contributed by atoms with Gasteiger partial charge in [-0.05, 0) is 11.1 Å². The van der Waals surface area contributed by atoms with Crippen LogP contribution in [0.3, 0.4) is 0 Å². The van der Waals surface area contributed by atoms with Crippen LogP contribution in [0.25, 0.3) is 0 Å². The third-order valence-electron chi connectivity index (χ3n) is 5.73. The Morgan fingerprint density at radius 1 is 0.700 bits per heavy atom. The Kier molecular flexibility index (Phi) is 6.77. The summed E-state index contributed by atoms with van der Waals surface area (Å²) in [5, 5.41) is 0. The summed E-state index contributed by atoms with van der Waals surface area (Å²) in [5.74, 6) is 0.0286. The maximum atomic E-state index is 12.7. The van der Waals surface area contributed by atoms with E-state index < -0.39 is 0 Å². The molecule has 158 valence electrons. The first-order valence-electron chi connectivity index (χ1n) is 10.6. The molecule has 2 heterocycles.